The molecule has 0 heterocycles. The van der Waals surface area contributed by atoms with E-state index in [2.05, 4.69) is 11.4 Å². The lowest BCUT2D eigenvalue weighted by Gasteiger charge is -2.12. The Labute approximate surface area is 145 Å². The van der Waals surface area contributed by atoms with Crippen molar-refractivity contribution >= 4 is 29.3 Å². The van der Waals surface area contributed by atoms with Crippen molar-refractivity contribution in [1.82, 2.24) is 0 Å². The van der Waals surface area contributed by atoms with Crippen molar-refractivity contribution in [3.63, 3.8) is 0 Å². The van der Waals surface area contributed by atoms with Gasteiger partial charge in [0, 0.05) is 10.6 Å². The van der Waals surface area contributed by atoms with E-state index in [0.717, 1.165) is 18.5 Å². The normalized spacial score (nSPS) is 14.0. The highest BCUT2D eigenvalue weighted by molar-refractivity contribution is 8.00. The maximum atomic E-state index is 12.6. The summed E-state index contributed by atoms with van der Waals surface area (Å²) in [4.78, 5) is 24.3. The summed E-state index contributed by atoms with van der Waals surface area (Å²) in [5.74, 6) is -1.11. The number of carbonyl (C=O) groups excluding carboxylic acids is 1. The number of rotatable bonds is 5. The highest BCUT2D eigenvalue weighted by Gasteiger charge is 2.18. The molecule has 1 aliphatic carbocycles. The van der Waals surface area contributed by atoms with Crippen molar-refractivity contribution in [2.24, 2.45) is 0 Å². The molecule has 0 spiro atoms. The number of nitrogens with one attached hydrogen (secondary N) is 1. The molecule has 0 bridgehead atoms. The number of carbonyl (C=O) groups is 2. The number of thioether (sulfide) groups is 1. The SMILES string of the molecule is CC(Sc1ccccc1C(=O)Nc1ccc2c(c1)CCC2)C(=O)O. The molecule has 1 aliphatic rings. The van der Waals surface area contributed by atoms with Crippen LogP contribution in [0.1, 0.15) is 34.8 Å². The van der Waals surface area contributed by atoms with Crippen LogP contribution in [0.4, 0.5) is 5.69 Å². The molecular formula is C19H19NO3S. The molecule has 24 heavy (non-hydrogen) atoms. The predicted octanol–water partition coefficient (Wildman–Crippen LogP) is 3.99. The molecule has 3 rings (SSSR count). The molecule has 0 saturated carbocycles. The topological polar surface area (TPSA) is 66.4 Å². The van der Waals surface area contributed by atoms with Gasteiger partial charge in [0.15, 0.2) is 0 Å². The maximum Gasteiger partial charge on any atom is 0.316 e. The van der Waals surface area contributed by atoms with Crippen LogP contribution in [-0.4, -0.2) is 22.2 Å². The molecule has 0 saturated heterocycles. The Kier molecular flexibility index (Phi) is 4.90. The number of hydrogen-bond donors (Lipinski definition) is 2. The average Bonchev–Trinajstić information content (AvgIpc) is 3.02. The fraction of sp³-hybridized carbons (Fsp3) is 0.263. The number of amides is 1. The molecule has 2 aromatic rings. The van der Waals surface area contributed by atoms with E-state index in [0.29, 0.717) is 10.5 Å². The molecule has 0 aliphatic heterocycles. The van der Waals surface area contributed by atoms with Crippen LogP contribution in [0.15, 0.2) is 47.4 Å². The lowest BCUT2D eigenvalue weighted by Crippen LogP contribution is -2.15. The van der Waals surface area contributed by atoms with E-state index in [1.165, 1.54) is 29.3 Å². The van der Waals surface area contributed by atoms with Gasteiger partial charge in [-0.15, -0.1) is 11.8 Å². The molecule has 1 atom stereocenters. The molecule has 0 aromatic heterocycles. The smallest absolute Gasteiger partial charge is 0.316 e. The summed E-state index contributed by atoms with van der Waals surface area (Å²) in [5.41, 5.74) is 3.94. The summed E-state index contributed by atoms with van der Waals surface area (Å²) in [6.07, 6.45) is 3.33. The van der Waals surface area contributed by atoms with Crippen LogP contribution in [0.25, 0.3) is 0 Å². The molecular weight excluding hydrogens is 322 g/mol. The Morgan fingerprint density at radius 1 is 1.12 bits per heavy atom. The van der Waals surface area contributed by atoms with Crippen LogP contribution in [0.3, 0.4) is 0 Å². The quantitative estimate of drug-likeness (QED) is 0.807. The molecule has 2 aromatic carbocycles. The number of hydrogen-bond acceptors (Lipinski definition) is 3. The second kappa shape index (κ2) is 7.09. The van der Waals surface area contributed by atoms with E-state index < -0.39 is 11.2 Å². The summed E-state index contributed by atoms with van der Waals surface area (Å²) < 4.78 is 0. The first-order chi connectivity index (χ1) is 11.5. The monoisotopic (exact) mass is 341 g/mol. The van der Waals surface area contributed by atoms with Crippen LogP contribution < -0.4 is 5.32 Å². The summed E-state index contributed by atoms with van der Waals surface area (Å²) >= 11 is 1.18. The van der Waals surface area contributed by atoms with Crippen LogP contribution in [-0.2, 0) is 17.6 Å². The number of aryl methyl sites for hydroxylation is 2. The molecule has 5 heteroatoms. The summed E-state index contributed by atoms with van der Waals surface area (Å²) in [5, 5.41) is 11.4. The van der Waals surface area contributed by atoms with Gasteiger partial charge in [-0.05, 0) is 61.6 Å². The molecule has 4 nitrogen and oxygen atoms in total. The third-order valence-electron chi connectivity index (χ3n) is 4.14. The molecule has 2 N–H and O–H groups in total. The average molecular weight is 341 g/mol. The van der Waals surface area contributed by atoms with E-state index in [-0.39, 0.29) is 5.91 Å². The summed E-state index contributed by atoms with van der Waals surface area (Å²) in [6, 6.07) is 13.1. The fourth-order valence-corrected chi connectivity index (χ4v) is 3.77. The van der Waals surface area contributed by atoms with E-state index >= 15 is 0 Å². The van der Waals surface area contributed by atoms with Crippen molar-refractivity contribution in [2.45, 2.75) is 36.3 Å². The van der Waals surface area contributed by atoms with E-state index in [1.807, 2.05) is 18.2 Å². The summed E-state index contributed by atoms with van der Waals surface area (Å²) in [6.45, 7) is 1.61. The van der Waals surface area contributed by atoms with E-state index in [4.69, 9.17) is 5.11 Å². The number of fused-ring (bicyclic) bond motifs is 1. The lowest BCUT2D eigenvalue weighted by molar-refractivity contribution is -0.136. The standard InChI is InChI=1S/C19H19NO3S/c1-12(19(22)23)24-17-8-3-2-7-16(17)18(21)20-15-10-9-13-5-4-6-14(13)11-15/h2-3,7-12H,4-6H2,1H3,(H,20,21)(H,22,23). The van der Waals surface area contributed by atoms with Gasteiger partial charge in [-0.1, -0.05) is 18.2 Å². The first-order valence-corrected chi connectivity index (χ1v) is 8.84. The van der Waals surface area contributed by atoms with Crippen molar-refractivity contribution in [2.75, 3.05) is 5.32 Å². The highest BCUT2D eigenvalue weighted by Crippen LogP contribution is 2.29. The Morgan fingerprint density at radius 2 is 1.88 bits per heavy atom. The second-order valence-corrected chi connectivity index (χ2v) is 7.27. The molecule has 1 unspecified atom stereocenters. The highest BCUT2D eigenvalue weighted by atomic mass is 32.2. The first-order valence-electron chi connectivity index (χ1n) is 7.96. The minimum atomic E-state index is -0.895. The second-order valence-electron chi connectivity index (χ2n) is 5.89. The van der Waals surface area contributed by atoms with Crippen LogP contribution in [0.5, 0.6) is 0 Å². The maximum absolute atomic E-state index is 12.6. The van der Waals surface area contributed by atoms with Crippen molar-refractivity contribution in [3.05, 3.63) is 59.2 Å². The van der Waals surface area contributed by atoms with Gasteiger partial charge in [0.05, 0.1) is 5.56 Å². The summed E-state index contributed by atoms with van der Waals surface area (Å²) in [7, 11) is 0. The van der Waals surface area contributed by atoms with Gasteiger partial charge in [0.1, 0.15) is 5.25 Å². The minimum Gasteiger partial charge on any atom is -0.480 e. The number of benzene rings is 2. The minimum absolute atomic E-state index is 0.214. The van der Waals surface area contributed by atoms with Crippen molar-refractivity contribution in [1.29, 1.82) is 0 Å². The van der Waals surface area contributed by atoms with Gasteiger partial charge in [-0.3, -0.25) is 9.59 Å². The number of carboxylic acid groups (broad SMARTS) is 1. The fourth-order valence-electron chi connectivity index (χ4n) is 2.85. The Bertz CT molecular complexity index is 788. The Hall–Kier alpha value is -2.27. The zero-order valence-corrected chi connectivity index (χ0v) is 14.2. The molecule has 0 fully saturated rings. The van der Waals surface area contributed by atoms with Crippen molar-refractivity contribution < 1.29 is 14.7 Å². The zero-order valence-electron chi connectivity index (χ0n) is 13.4. The largest absolute Gasteiger partial charge is 0.480 e. The van der Waals surface area contributed by atoms with Gasteiger partial charge in [-0.2, -0.15) is 0 Å². The van der Waals surface area contributed by atoms with Gasteiger partial charge in [0.2, 0.25) is 0 Å². The third kappa shape index (κ3) is 3.62. The molecule has 0 radical (unpaired) electrons. The van der Waals surface area contributed by atoms with Crippen LogP contribution in [0.2, 0.25) is 0 Å². The number of anilines is 1. The van der Waals surface area contributed by atoms with Gasteiger partial charge < -0.3 is 10.4 Å². The van der Waals surface area contributed by atoms with Crippen LogP contribution >= 0.6 is 11.8 Å². The lowest BCUT2D eigenvalue weighted by atomic mass is 10.1. The predicted molar refractivity (Wildman–Crippen MR) is 95.8 cm³/mol. The molecule has 124 valence electrons. The number of aliphatic carboxylic acids is 1. The Balaban J connectivity index is 1.79. The van der Waals surface area contributed by atoms with Crippen LogP contribution in [0, 0.1) is 0 Å². The molecule has 1 amide bonds. The van der Waals surface area contributed by atoms with Gasteiger partial charge >= 0.3 is 5.97 Å². The van der Waals surface area contributed by atoms with Crippen molar-refractivity contribution in [3.8, 4) is 0 Å². The first kappa shape index (κ1) is 16.6. The van der Waals surface area contributed by atoms with Gasteiger partial charge in [-0.25, -0.2) is 0 Å². The van der Waals surface area contributed by atoms with E-state index in [9.17, 15) is 9.59 Å². The zero-order chi connectivity index (χ0) is 17.1. The van der Waals surface area contributed by atoms with Gasteiger partial charge in [0.25, 0.3) is 5.91 Å². The Morgan fingerprint density at radius 3 is 2.67 bits per heavy atom. The third-order valence-corrected chi connectivity index (χ3v) is 5.30. The number of carboxylic acids is 1. The van der Waals surface area contributed by atoms with E-state index in [1.54, 1.807) is 25.1 Å².